The van der Waals surface area contributed by atoms with E-state index in [-0.39, 0.29) is 0 Å². The molecule has 0 spiro atoms. The quantitative estimate of drug-likeness (QED) is 0.882. The minimum absolute atomic E-state index is 0.636. The highest BCUT2D eigenvalue weighted by atomic mass is 32.1. The third-order valence-corrected chi connectivity index (χ3v) is 4.56. The van der Waals surface area contributed by atoms with Crippen LogP contribution in [-0.4, -0.2) is 38.6 Å². The number of hydrogen-bond donors (Lipinski definition) is 1. The van der Waals surface area contributed by atoms with Gasteiger partial charge in [0.2, 0.25) is 0 Å². The Labute approximate surface area is 124 Å². The Kier molecular flexibility index (Phi) is 3.65. The zero-order valence-electron chi connectivity index (χ0n) is 12.4. The molecule has 1 atom stereocenters. The van der Waals surface area contributed by atoms with Gasteiger partial charge in [-0.05, 0) is 63.5 Å². The fourth-order valence-corrected chi connectivity index (χ4v) is 3.33. The number of aromatic amines is 1. The number of fused-ring (bicyclic) bond motifs is 1. The molecule has 1 saturated heterocycles. The van der Waals surface area contributed by atoms with Crippen molar-refractivity contribution in [2.45, 2.75) is 39.8 Å². The topological polar surface area (TPSA) is 36.9 Å². The molecule has 3 rings (SSSR count). The second-order valence-electron chi connectivity index (χ2n) is 6.17. The molecule has 0 bridgehead atoms. The van der Waals surface area contributed by atoms with Crippen LogP contribution in [0.4, 0.5) is 0 Å². The van der Waals surface area contributed by atoms with Gasteiger partial charge in [-0.25, -0.2) is 4.98 Å². The van der Waals surface area contributed by atoms with Crippen molar-refractivity contribution in [3.63, 3.8) is 0 Å². The van der Waals surface area contributed by atoms with Crippen LogP contribution in [0.5, 0.6) is 0 Å². The SMILES string of the molecule is Cc1cnc2c(c1)[nH]c(=S)n2CC1CCN(C(C)C)C1. The van der Waals surface area contributed by atoms with Gasteiger partial charge < -0.3 is 14.5 Å². The molecule has 0 radical (unpaired) electrons. The zero-order valence-corrected chi connectivity index (χ0v) is 13.2. The van der Waals surface area contributed by atoms with E-state index >= 15 is 0 Å². The smallest absolute Gasteiger partial charge is 0.179 e. The van der Waals surface area contributed by atoms with Gasteiger partial charge in [0.15, 0.2) is 10.4 Å². The molecule has 108 valence electrons. The molecule has 0 aromatic carbocycles. The standard InChI is InChI=1S/C15H22N4S/c1-10(2)18-5-4-12(8-18)9-19-14-13(17-15(19)20)6-11(3)7-16-14/h6-7,10,12H,4-5,8-9H2,1-3H3,(H,17,20). The number of nitrogens with zero attached hydrogens (tertiary/aromatic N) is 3. The summed E-state index contributed by atoms with van der Waals surface area (Å²) in [6.07, 6.45) is 3.16. The first-order chi connectivity index (χ1) is 9.54. The summed E-state index contributed by atoms with van der Waals surface area (Å²) in [6, 6.07) is 2.75. The van der Waals surface area contributed by atoms with Gasteiger partial charge in [-0.1, -0.05) is 0 Å². The number of rotatable bonds is 3. The summed E-state index contributed by atoms with van der Waals surface area (Å²) < 4.78 is 2.96. The molecule has 1 aliphatic heterocycles. The number of hydrogen-bond acceptors (Lipinski definition) is 3. The van der Waals surface area contributed by atoms with Crippen LogP contribution < -0.4 is 0 Å². The number of imidazole rings is 1. The summed E-state index contributed by atoms with van der Waals surface area (Å²) in [6.45, 7) is 9.92. The summed E-state index contributed by atoms with van der Waals surface area (Å²) >= 11 is 5.47. The highest BCUT2D eigenvalue weighted by Gasteiger charge is 2.25. The number of pyridine rings is 1. The predicted octanol–water partition coefficient (Wildman–Crippen LogP) is 3.13. The van der Waals surface area contributed by atoms with Crippen molar-refractivity contribution in [2.75, 3.05) is 13.1 Å². The Balaban J connectivity index is 1.85. The molecule has 1 unspecified atom stereocenters. The molecule has 5 heteroatoms. The van der Waals surface area contributed by atoms with Gasteiger partial charge in [0.05, 0.1) is 5.52 Å². The van der Waals surface area contributed by atoms with Crippen molar-refractivity contribution in [1.29, 1.82) is 0 Å². The first-order valence-electron chi connectivity index (χ1n) is 7.34. The molecule has 1 aliphatic rings. The van der Waals surface area contributed by atoms with E-state index in [0.29, 0.717) is 12.0 Å². The van der Waals surface area contributed by atoms with Crippen molar-refractivity contribution in [3.05, 3.63) is 22.6 Å². The van der Waals surface area contributed by atoms with E-state index in [1.54, 1.807) is 0 Å². The van der Waals surface area contributed by atoms with E-state index in [4.69, 9.17) is 12.2 Å². The van der Waals surface area contributed by atoms with Gasteiger partial charge in [0.1, 0.15) is 0 Å². The molecule has 0 amide bonds. The van der Waals surface area contributed by atoms with Crippen LogP contribution in [0.2, 0.25) is 0 Å². The third-order valence-electron chi connectivity index (χ3n) is 4.23. The third kappa shape index (κ3) is 2.52. The van der Waals surface area contributed by atoms with Gasteiger partial charge >= 0.3 is 0 Å². The highest BCUT2D eigenvalue weighted by molar-refractivity contribution is 7.71. The Morgan fingerprint density at radius 3 is 3.00 bits per heavy atom. The lowest BCUT2D eigenvalue weighted by molar-refractivity contribution is 0.261. The van der Waals surface area contributed by atoms with Gasteiger partial charge in [-0.2, -0.15) is 0 Å². The van der Waals surface area contributed by atoms with Crippen LogP contribution in [0.25, 0.3) is 11.2 Å². The summed E-state index contributed by atoms with van der Waals surface area (Å²) in [4.78, 5) is 10.4. The Morgan fingerprint density at radius 2 is 2.30 bits per heavy atom. The number of aryl methyl sites for hydroxylation is 1. The molecule has 0 saturated carbocycles. The molecule has 1 N–H and O–H groups in total. The van der Waals surface area contributed by atoms with Gasteiger partial charge in [-0.15, -0.1) is 0 Å². The molecule has 0 aliphatic carbocycles. The van der Waals surface area contributed by atoms with Gasteiger partial charge in [0.25, 0.3) is 0 Å². The number of nitrogens with one attached hydrogen (secondary N) is 1. The van der Waals surface area contributed by atoms with Gasteiger partial charge in [-0.3, -0.25) is 0 Å². The van der Waals surface area contributed by atoms with Crippen molar-refractivity contribution in [1.82, 2.24) is 19.4 Å². The maximum Gasteiger partial charge on any atom is 0.179 e. The van der Waals surface area contributed by atoms with Crippen LogP contribution in [-0.2, 0) is 6.54 Å². The average molecular weight is 290 g/mol. The Morgan fingerprint density at radius 1 is 1.50 bits per heavy atom. The minimum Gasteiger partial charge on any atom is -0.329 e. The highest BCUT2D eigenvalue weighted by Crippen LogP contribution is 2.22. The van der Waals surface area contributed by atoms with E-state index in [1.807, 2.05) is 6.20 Å². The minimum atomic E-state index is 0.636. The van der Waals surface area contributed by atoms with Crippen molar-refractivity contribution >= 4 is 23.4 Å². The van der Waals surface area contributed by atoms with Crippen molar-refractivity contribution in [2.24, 2.45) is 5.92 Å². The molecule has 4 nitrogen and oxygen atoms in total. The summed E-state index contributed by atoms with van der Waals surface area (Å²) in [5.41, 5.74) is 3.20. The van der Waals surface area contributed by atoms with E-state index in [9.17, 15) is 0 Å². The van der Waals surface area contributed by atoms with Crippen LogP contribution in [0, 0.1) is 17.6 Å². The maximum absolute atomic E-state index is 5.47. The average Bonchev–Trinajstić information content (AvgIpc) is 2.96. The largest absolute Gasteiger partial charge is 0.329 e. The van der Waals surface area contributed by atoms with E-state index in [0.717, 1.165) is 34.6 Å². The number of likely N-dealkylation sites (tertiary alicyclic amines) is 1. The van der Waals surface area contributed by atoms with Crippen LogP contribution in [0.15, 0.2) is 12.3 Å². The van der Waals surface area contributed by atoms with Crippen LogP contribution in [0.1, 0.15) is 25.8 Å². The lowest BCUT2D eigenvalue weighted by Gasteiger charge is -2.20. The second-order valence-corrected chi connectivity index (χ2v) is 6.55. The molecule has 20 heavy (non-hydrogen) atoms. The first kappa shape index (κ1) is 13.8. The molecule has 2 aromatic rings. The number of H-pyrrole nitrogens is 1. The van der Waals surface area contributed by atoms with Crippen LogP contribution >= 0.6 is 12.2 Å². The molecular weight excluding hydrogens is 268 g/mol. The first-order valence-corrected chi connectivity index (χ1v) is 7.74. The Bertz CT molecular complexity index is 670. The van der Waals surface area contributed by atoms with E-state index in [2.05, 4.69) is 46.3 Å². The fourth-order valence-electron chi connectivity index (χ4n) is 3.06. The monoisotopic (exact) mass is 290 g/mol. The lowest BCUT2D eigenvalue weighted by Crippen LogP contribution is -2.28. The van der Waals surface area contributed by atoms with E-state index in [1.165, 1.54) is 13.0 Å². The number of aromatic nitrogens is 3. The fraction of sp³-hybridized carbons (Fsp3) is 0.600. The zero-order chi connectivity index (χ0) is 14.3. The van der Waals surface area contributed by atoms with Crippen LogP contribution in [0.3, 0.4) is 0 Å². The Hall–Kier alpha value is -1.20. The molecular formula is C15H22N4S. The van der Waals surface area contributed by atoms with E-state index < -0.39 is 0 Å². The van der Waals surface area contributed by atoms with Crippen molar-refractivity contribution in [3.8, 4) is 0 Å². The summed E-state index contributed by atoms with van der Waals surface area (Å²) in [7, 11) is 0. The van der Waals surface area contributed by atoms with Crippen molar-refractivity contribution < 1.29 is 0 Å². The summed E-state index contributed by atoms with van der Waals surface area (Å²) in [5.74, 6) is 0.672. The van der Waals surface area contributed by atoms with Gasteiger partial charge in [0, 0.05) is 25.3 Å². The predicted molar refractivity (Wildman–Crippen MR) is 84.5 cm³/mol. The molecule has 3 heterocycles. The summed E-state index contributed by atoms with van der Waals surface area (Å²) in [5, 5.41) is 0. The molecule has 2 aromatic heterocycles. The molecule has 1 fully saturated rings. The normalized spacial score (nSPS) is 20.3. The lowest BCUT2D eigenvalue weighted by atomic mass is 10.1. The second kappa shape index (κ2) is 5.30. The maximum atomic E-state index is 5.47.